The number of aryl methyl sites for hydroxylation is 1. The van der Waals surface area contributed by atoms with E-state index in [9.17, 15) is 4.79 Å². The predicted molar refractivity (Wildman–Crippen MR) is 83.6 cm³/mol. The molecule has 0 fully saturated rings. The number of fused-ring (bicyclic) bond motifs is 1. The Kier molecular flexibility index (Phi) is 4.07. The second-order valence-electron chi connectivity index (χ2n) is 5.58. The van der Waals surface area contributed by atoms with Crippen LogP contribution >= 0.6 is 11.6 Å². The van der Waals surface area contributed by atoms with Gasteiger partial charge in [-0.15, -0.1) is 0 Å². The van der Waals surface area contributed by atoms with Gasteiger partial charge in [-0.3, -0.25) is 4.79 Å². The second-order valence-corrected chi connectivity index (χ2v) is 6.02. The molecule has 0 radical (unpaired) electrons. The van der Waals surface area contributed by atoms with E-state index < -0.39 is 0 Å². The van der Waals surface area contributed by atoms with Crippen molar-refractivity contribution in [2.45, 2.75) is 26.2 Å². The van der Waals surface area contributed by atoms with Gasteiger partial charge >= 0.3 is 0 Å². The molecule has 1 amide bonds. The van der Waals surface area contributed by atoms with E-state index in [0.717, 1.165) is 30.6 Å². The molecule has 0 saturated heterocycles. The van der Waals surface area contributed by atoms with Crippen molar-refractivity contribution < 1.29 is 14.1 Å². The van der Waals surface area contributed by atoms with Crippen molar-refractivity contribution in [2.24, 2.45) is 5.92 Å². The SMILES string of the molecule is COc1ccc(Cl)cc1NC(=O)c1noc2c1CC(C)CC2. The first-order chi connectivity index (χ1) is 10.6. The average molecular weight is 321 g/mol. The summed E-state index contributed by atoms with van der Waals surface area (Å²) in [5.74, 6) is 1.59. The molecule has 2 aromatic rings. The Labute approximate surface area is 133 Å². The molecule has 1 atom stereocenters. The first-order valence-electron chi connectivity index (χ1n) is 7.20. The van der Waals surface area contributed by atoms with Crippen molar-refractivity contribution in [1.82, 2.24) is 5.16 Å². The minimum atomic E-state index is -0.306. The Bertz CT molecular complexity index is 711. The zero-order valence-corrected chi connectivity index (χ0v) is 13.2. The molecule has 1 aromatic carbocycles. The largest absolute Gasteiger partial charge is 0.495 e. The number of halogens is 1. The van der Waals surface area contributed by atoms with Crippen molar-refractivity contribution in [3.05, 3.63) is 40.2 Å². The molecule has 116 valence electrons. The Hall–Kier alpha value is -2.01. The first kappa shape index (κ1) is 14.9. The summed E-state index contributed by atoms with van der Waals surface area (Å²) in [5.41, 5.74) is 1.78. The van der Waals surface area contributed by atoms with Crippen LogP contribution in [0.1, 0.15) is 35.2 Å². The molecular formula is C16H17ClN2O3. The first-order valence-corrected chi connectivity index (χ1v) is 7.58. The van der Waals surface area contributed by atoms with E-state index in [4.69, 9.17) is 20.9 Å². The molecule has 5 nitrogen and oxygen atoms in total. The molecule has 1 aromatic heterocycles. The summed E-state index contributed by atoms with van der Waals surface area (Å²) in [6, 6.07) is 5.06. The molecule has 0 aliphatic heterocycles. The topological polar surface area (TPSA) is 64.4 Å². The monoisotopic (exact) mass is 320 g/mol. The molecule has 0 spiro atoms. The van der Waals surface area contributed by atoms with Gasteiger partial charge in [0.2, 0.25) is 0 Å². The highest BCUT2D eigenvalue weighted by atomic mass is 35.5. The number of benzene rings is 1. The highest BCUT2D eigenvalue weighted by Gasteiger charge is 2.27. The zero-order valence-electron chi connectivity index (χ0n) is 12.5. The number of nitrogens with one attached hydrogen (secondary N) is 1. The number of carbonyl (C=O) groups is 1. The number of rotatable bonds is 3. The molecule has 1 aliphatic carbocycles. The third-order valence-electron chi connectivity index (χ3n) is 3.91. The standard InChI is InChI=1S/C16H17ClN2O3/c1-9-3-5-13-11(7-9)15(19-22-13)16(20)18-12-8-10(17)4-6-14(12)21-2/h4,6,8-9H,3,5,7H2,1-2H3,(H,18,20). The second kappa shape index (κ2) is 6.01. The van der Waals surface area contributed by atoms with Crippen LogP contribution in [0.15, 0.2) is 22.7 Å². The summed E-state index contributed by atoms with van der Waals surface area (Å²) < 4.78 is 10.5. The summed E-state index contributed by atoms with van der Waals surface area (Å²) >= 11 is 5.98. The molecule has 0 bridgehead atoms. The van der Waals surface area contributed by atoms with Gasteiger partial charge in [-0.05, 0) is 37.0 Å². The van der Waals surface area contributed by atoms with Crippen LogP contribution in [0.3, 0.4) is 0 Å². The van der Waals surface area contributed by atoms with E-state index in [1.165, 1.54) is 0 Å². The molecule has 22 heavy (non-hydrogen) atoms. The van der Waals surface area contributed by atoms with E-state index in [1.807, 2.05) is 0 Å². The summed E-state index contributed by atoms with van der Waals surface area (Å²) in [5, 5.41) is 7.26. The minimum Gasteiger partial charge on any atom is -0.495 e. The molecule has 1 aliphatic rings. The van der Waals surface area contributed by atoms with Gasteiger partial charge in [0.25, 0.3) is 5.91 Å². The Morgan fingerprint density at radius 1 is 1.50 bits per heavy atom. The van der Waals surface area contributed by atoms with Crippen LogP contribution in [-0.4, -0.2) is 18.2 Å². The molecule has 6 heteroatoms. The molecule has 1 unspecified atom stereocenters. The fourth-order valence-electron chi connectivity index (χ4n) is 2.72. The van der Waals surface area contributed by atoms with Crippen LogP contribution in [-0.2, 0) is 12.8 Å². The molecular weight excluding hydrogens is 304 g/mol. The van der Waals surface area contributed by atoms with Crippen molar-refractivity contribution in [1.29, 1.82) is 0 Å². The van der Waals surface area contributed by atoms with E-state index in [0.29, 0.717) is 28.1 Å². The van der Waals surface area contributed by atoms with E-state index >= 15 is 0 Å². The van der Waals surface area contributed by atoms with Crippen molar-refractivity contribution in [2.75, 3.05) is 12.4 Å². The number of nitrogens with zero attached hydrogens (tertiary/aromatic N) is 1. The average Bonchev–Trinajstić information content (AvgIpc) is 2.90. The van der Waals surface area contributed by atoms with Gasteiger partial charge in [0.15, 0.2) is 5.69 Å². The third kappa shape index (κ3) is 2.81. The highest BCUT2D eigenvalue weighted by molar-refractivity contribution is 6.31. The molecule has 3 rings (SSSR count). The van der Waals surface area contributed by atoms with Crippen LogP contribution in [0, 0.1) is 5.92 Å². The number of anilines is 1. The zero-order chi connectivity index (χ0) is 15.7. The lowest BCUT2D eigenvalue weighted by molar-refractivity contribution is 0.101. The number of hydrogen-bond donors (Lipinski definition) is 1. The summed E-state index contributed by atoms with van der Waals surface area (Å²) in [7, 11) is 1.54. The minimum absolute atomic E-state index is 0.306. The predicted octanol–water partition coefficient (Wildman–Crippen LogP) is 3.71. The quantitative estimate of drug-likeness (QED) is 0.936. The van der Waals surface area contributed by atoms with Gasteiger partial charge in [0, 0.05) is 17.0 Å². The van der Waals surface area contributed by atoms with Crippen LogP contribution in [0.4, 0.5) is 5.69 Å². The number of aromatic nitrogens is 1. The fraction of sp³-hybridized carbons (Fsp3) is 0.375. The highest BCUT2D eigenvalue weighted by Crippen LogP contribution is 2.31. The van der Waals surface area contributed by atoms with Crippen molar-refractivity contribution >= 4 is 23.2 Å². The van der Waals surface area contributed by atoms with E-state index in [2.05, 4.69) is 17.4 Å². The van der Waals surface area contributed by atoms with Gasteiger partial charge < -0.3 is 14.6 Å². The number of amides is 1. The normalized spacial score (nSPS) is 17.0. The number of hydrogen-bond acceptors (Lipinski definition) is 4. The third-order valence-corrected chi connectivity index (χ3v) is 4.15. The smallest absolute Gasteiger partial charge is 0.278 e. The lowest BCUT2D eigenvalue weighted by Crippen LogP contribution is -2.18. The van der Waals surface area contributed by atoms with Crippen LogP contribution in [0.5, 0.6) is 5.75 Å². The Balaban J connectivity index is 1.87. The van der Waals surface area contributed by atoms with Crippen molar-refractivity contribution in [3.63, 3.8) is 0 Å². The molecule has 1 heterocycles. The Morgan fingerprint density at radius 2 is 2.32 bits per heavy atom. The van der Waals surface area contributed by atoms with E-state index in [1.54, 1.807) is 25.3 Å². The fourth-order valence-corrected chi connectivity index (χ4v) is 2.89. The number of methoxy groups -OCH3 is 1. The summed E-state index contributed by atoms with van der Waals surface area (Å²) in [4.78, 5) is 12.5. The van der Waals surface area contributed by atoms with Crippen LogP contribution in [0.2, 0.25) is 5.02 Å². The van der Waals surface area contributed by atoms with Gasteiger partial charge in [0.1, 0.15) is 11.5 Å². The molecule has 0 saturated carbocycles. The summed E-state index contributed by atoms with van der Waals surface area (Å²) in [6.07, 6.45) is 2.71. The lowest BCUT2D eigenvalue weighted by atomic mass is 9.88. The summed E-state index contributed by atoms with van der Waals surface area (Å²) in [6.45, 7) is 2.16. The van der Waals surface area contributed by atoms with Crippen LogP contribution < -0.4 is 10.1 Å². The van der Waals surface area contributed by atoms with Crippen LogP contribution in [0.25, 0.3) is 0 Å². The van der Waals surface area contributed by atoms with Crippen molar-refractivity contribution in [3.8, 4) is 5.75 Å². The van der Waals surface area contributed by atoms with Gasteiger partial charge in [-0.1, -0.05) is 23.7 Å². The number of carbonyl (C=O) groups excluding carboxylic acids is 1. The lowest BCUT2D eigenvalue weighted by Gasteiger charge is -2.16. The van der Waals surface area contributed by atoms with Gasteiger partial charge in [-0.25, -0.2) is 0 Å². The maximum absolute atomic E-state index is 12.5. The maximum Gasteiger partial charge on any atom is 0.278 e. The number of ether oxygens (including phenoxy) is 1. The molecule has 1 N–H and O–H groups in total. The van der Waals surface area contributed by atoms with E-state index in [-0.39, 0.29) is 5.91 Å². The maximum atomic E-state index is 12.5. The Morgan fingerprint density at radius 3 is 3.09 bits per heavy atom. The van der Waals surface area contributed by atoms with Gasteiger partial charge in [-0.2, -0.15) is 0 Å². The van der Waals surface area contributed by atoms with Gasteiger partial charge in [0.05, 0.1) is 12.8 Å².